The van der Waals surface area contributed by atoms with Crippen LogP contribution in [-0.2, 0) is 0 Å². The van der Waals surface area contributed by atoms with Crippen molar-refractivity contribution in [2.24, 2.45) is 0 Å². The monoisotopic (exact) mass is 162 g/mol. The van der Waals surface area contributed by atoms with Crippen molar-refractivity contribution in [1.82, 2.24) is 0 Å². The van der Waals surface area contributed by atoms with E-state index in [4.69, 9.17) is 11.0 Å². The van der Waals surface area contributed by atoms with Crippen molar-refractivity contribution in [3.63, 3.8) is 0 Å². The van der Waals surface area contributed by atoms with Crippen LogP contribution in [0.5, 0.6) is 5.75 Å². The summed E-state index contributed by atoms with van der Waals surface area (Å²) in [6, 6.07) is 3.54. The third-order valence-corrected chi connectivity index (χ3v) is 1.91. The lowest BCUT2D eigenvalue weighted by Gasteiger charge is -2.07. The minimum absolute atomic E-state index is 0.0454. The van der Waals surface area contributed by atoms with Gasteiger partial charge < -0.3 is 10.8 Å². The Labute approximate surface area is 71.1 Å². The maximum absolute atomic E-state index is 9.27. The molecule has 0 aliphatic rings. The zero-order chi connectivity index (χ0) is 9.30. The van der Waals surface area contributed by atoms with Gasteiger partial charge >= 0.3 is 0 Å². The second-order valence-electron chi connectivity index (χ2n) is 2.74. The van der Waals surface area contributed by atoms with Crippen LogP contribution in [0.2, 0.25) is 0 Å². The second kappa shape index (κ2) is 2.74. The van der Waals surface area contributed by atoms with Crippen molar-refractivity contribution < 1.29 is 5.11 Å². The van der Waals surface area contributed by atoms with E-state index in [1.54, 1.807) is 13.8 Å². The van der Waals surface area contributed by atoms with Gasteiger partial charge in [-0.25, -0.2) is 0 Å². The average Bonchev–Trinajstić information content (AvgIpc) is 2.01. The van der Waals surface area contributed by atoms with E-state index in [2.05, 4.69) is 0 Å². The number of aromatic hydroxyl groups is 1. The number of rotatable bonds is 0. The van der Waals surface area contributed by atoms with Crippen LogP contribution in [-0.4, -0.2) is 5.11 Å². The van der Waals surface area contributed by atoms with E-state index in [-0.39, 0.29) is 11.4 Å². The minimum atomic E-state index is 0.0454. The van der Waals surface area contributed by atoms with Crippen LogP contribution in [0.4, 0.5) is 5.69 Å². The van der Waals surface area contributed by atoms with Gasteiger partial charge in [-0.1, -0.05) is 0 Å². The molecule has 3 nitrogen and oxygen atoms in total. The normalized spacial score (nSPS) is 9.42. The molecule has 0 atom stereocenters. The first-order valence-corrected chi connectivity index (χ1v) is 3.56. The molecule has 12 heavy (non-hydrogen) atoms. The van der Waals surface area contributed by atoms with Gasteiger partial charge in [0, 0.05) is 0 Å². The van der Waals surface area contributed by atoms with E-state index in [0.29, 0.717) is 11.1 Å². The summed E-state index contributed by atoms with van der Waals surface area (Å²) in [5.41, 5.74) is 7.76. The van der Waals surface area contributed by atoms with Crippen LogP contribution in [0, 0.1) is 25.2 Å². The van der Waals surface area contributed by atoms with Gasteiger partial charge in [0.15, 0.2) is 0 Å². The fourth-order valence-electron chi connectivity index (χ4n) is 1.15. The van der Waals surface area contributed by atoms with Crippen molar-refractivity contribution in [3.05, 3.63) is 22.8 Å². The molecule has 0 saturated heterocycles. The predicted molar refractivity (Wildman–Crippen MR) is 46.7 cm³/mol. The van der Waals surface area contributed by atoms with Crippen LogP contribution < -0.4 is 5.73 Å². The maximum atomic E-state index is 9.27. The van der Waals surface area contributed by atoms with E-state index >= 15 is 0 Å². The molecule has 3 heteroatoms. The summed E-state index contributed by atoms with van der Waals surface area (Å²) < 4.78 is 0. The number of benzene rings is 1. The molecule has 0 heterocycles. The van der Waals surface area contributed by atoms with Crippen LogP contribution in [0.25, 0.3) is 0 Å². The van der Waals surface area contributed by atoms with Gasteiger partial charge in [0.2, 0.25) is 0 Å². The molecule has 0 aliphatic heterocycles. The third-order valence-electron chi connectivity index (χ3n) is 1.91. The standard InChI is InChI=1S/C9H10N2O/c1-5-3-8(12)9(11)6(2)7(5)4-10/h3,12H,11H2,1-2H3. The fraction of sp³-hybridized carbons (Fsp3) is 0.222. The number of nitrogen functional groups attached to an aromatic ring is 1. The molecule has 0 radical (unpaired) electrons. The van der Waals surface area contributed by atoms with Gasteiger partial charge in [-0.05, 0) is 31.0 Å². The summed E-state index contributed by atoms with van der Waals surface area (Å²) in [6.07, 6.45) is 0. The Kier molecular flexibility index (Phi) is 1.92. The molecule has 1 aromatic rings. The number of hydrogen-bond donors (Lipinski definition) is 2. The van der Waals surface area contributed by atoms with Crippen LogP contribution >= 0.6 is 0 Å². The lowest BCUT2D eigenvalue weighted by Crippen LogP contribution is -1.95. The number of aryl methyl sites for hydroxylation is 1. The summed E-state index contributed by atoms with van der Waals surface area (Å²) in [6.45, 7) is 3.49. The van der Waals surface area contributed by atoms with Gasteiger partial charge in [-0.15, -0.1) is 0 Å². The Morgan fingerprint density at radius 3 is 2.58 bits per heavy atom. The Bertz CT molecular complexity index is 364. The lowest BCUT2D eigenvalue weighted by atomic mass is 10.0. The quantitative estimate of drug-likeness (QED) is 0.448. The number of nitrogens with two attached hydrogens (primary N) is 1. The number of nitrogens with zero attached hydrogens (tertiary/aromatic N) is 1. The highest BCUT2D eigenvalue weighted by atomic mass is 16.3. The summed E-state index contributed by atoms with van der Waals surface area (Å²) in [4.78, 5) is 0. The molecule has 0 spiro atoms. The summed E-state index contributed by atoms with van der Waals surface area (Å²) in [5, 5.41) is 18.0. The van der Waals surface area contributed by atoms with Gasteiger partial charge in [0.05, 0.1) is 17.3 Å². The van der Waals surface area contributed by atoms with Crippen molar-refractivity contribution in [2.75, 3.05) is 5.73 Å². The summed E-state index contributed by atoms with van der Waals surface area (Å²) in [7, 11) is 0. The number of anilines is 1. The molecule has 62 valence electrons. The summed E-state index contributed by atoms with van der Waals surface area (Å²) in [5.74, 6) is 0.0454. The van der Waals surface area contributed by atoms with E-state index < -0.39 is 0 Å². The van der Waals surface area contributed by atoms with Crippen molar-refractivity contribution in [3.8, 4) is 11.8 Å². The molecule has 1 rings (SSSR count). The maximum Gasteiger partial charge on any atom is 0.139 e. The highest BCUT2D eigenvalue weighted by molar-refractivity contribution is 5.65. The van der Waals surface area contributed by atoms with Crippen LogP contribution in [0.15, 0.2) is 6.07 Å². The number of phenols is 1. The topological polar surface area (TPSA) is 70.0 Å². The highest BCUT2D eigenvalue weighted by Gasteiger charge is 2.08. The van der Waals surface area contributed by atoms with Crippen LogP contribution in [0.1, 0.15) is 16.7 Å². The zero-order valence-electron chi connectivity index (χ0n) is 7.05. The average molecular weight is 162 g/mol. The zero-order valence-corrected chi connectivity index (χ0v) is 7.05. The Morgan fingerprint density at radius 2 is 2.08 bits per heavy atom. The van der Waals surface area contributed by atoms with E-state index in [0.717, 1.165) is 5.56 Å². The van der Waals surface area contributed by atoms with Crippen molar-refractivity contribution in [1.29, 1.82) is 5.26 Å². The first kappa shape index (κ1) is 8.41. The number of phenolic OH excluding ortho intramolecular Hbond substituents is 1. The minimum Gasteiger partial charge on any atom is -0.506 e. The van der Waals surface area contributed by atoms with Gasteiger partial charge in [-0.2, -0.15) is 5.26 Å². The molecule has 0 aromatic heterocycles. The molecule has 0 aliphatic carbocycles. The van der Waals surface area contributed by atoms with E-state index in [9.17, 15) is 5.11 Å². The smallest absolute Gasteiger partial charge is 0.139 e. The van der Waals surface area contributed by atoms with Gasteiger partial charge in [0.25, 0.3) is 0 Å². The van der Waals surface area contributed by atoms with Crippen molar-refractivity contribution in [2.45, 2.75) is 13.8 Å². The van der Waals surface area contributed by atoms with Crippen molar-refractivity contribution >= 4 is 5.69 Å². The number of nitriles is 1. The molecule has 1 aromatic carbocycles. The van der Waals surface area contributed by atoms with Gasteiger partial charge in [0.1, 0.15) is 5.75 Å². The summed E-state index contributed by atoms with van der Waals surface area (Å²) >= 11 is 0. The lowest BCUT2D eigenvalue weighted by molar-refractivity contribution is 0.477. The Balaban J connectivity index is 3.54. The molecule has 0 bridgehead atoms. The Morgan fingerprint density at radius 1 is 1.50 bits per heavy atom. The van der Waals surface area contributed by atoms with Gasteiger partial charge in [-0.3, -0.25) is 0 Å². The van der Waals surface area contributed by atoms with E-state index in [1.165, 1.54) is 6.07 Å². The molecular formula is C9H10N2O. The predicted octanol–water partition coefficient (Wildman–Crippen LogP) is 1.46. The molecule has 0 amide bonds. The third kappa shape index (κ3) is 1.08. The van der Waals surface area contributed by atoms with E-state index in [1.807, 2.05) is 6.07 Å². The molecule has 3 N–H and O–H groups in total. The first-order valence-electron chi connectivity index (χ1n) is 3.56. The highest BCUT2D eigenvalue weighted by Crippen LogP contribution is 2.28. The molecule has 0 saturated carbocycles. The first-order chi connectivity index (χ1) is 5.57. The Hall–Kier alpha value is -1.69. The second-order valence-corrected chi connectivity index (χ2v) is 2.74. The van der Waals surface area contributed by atoms with Crippen LogP contribution in [0.3, 0.4) is 0 Å². The largest absolute Gasteiger partial charge is 0.506 e. The number of hydrogen-bond acceptors (Lipinski definition) is 3. The molecule has 0 unspecified atom stereocenters. The molecule has 0 fully saturated rings. The fourth-order valence-corrected chi connectivity index (χ4v) is 1.15. The molecular weight excluding hydrogens is 152 g/mol. The SMILES string of the molecule is Cc1cc(O)c(N)c(C)c1C#N.